The molecule has 3 aromatic rings. The molecule has 7 nitrogen and oxygen atoms in total. The van der Waals surface area contributed by atoms with Gasteiger partial charge in [-0.05, 0) is 18.4 Å². The Morgan fingerprint density at radius 2 is 2.38 bits per heavy atom. The van der Waals surface area contributed by atoms with Crippen molar-refractivity contribution in [1.29, 1.82) is 0 Å². The summed E-state index contributed by atoms with van der Waals surface area (Å²) in [7, 11) is 0. The summed E-state index contributed by atoms with van der Waals surface area (Å²) in [5.41, 5.74) is 0.977. The third-order valence-corrected chi connectivity index (χ3v) is 4.46. The summed E-state index contributed by atoms with van der Waals surface area (Å²) >= 11 is 1.62. The SMILES string of the molecule is CC1c2nncn2CCN1Cc1noc(-c2ccsc2)n1. The van der Waals surface area contributed by atoms with E-state index < -0.39 is 0 Å². The third-order valence-electron chi connectivity index (χ3n) is 3.78. The number of rotatable bonds is 3. The summed E-state index contributed by atoms with van der Waals surface area (Å²) in [6.45, 7) is 4.59. The molecule has 4 rings (SSSR count). The van der Waals surface area contributed by atoms with Crippen LogP contribution in [-0.4, -0.2) is 36.3 Å². The zero-order valence-electron chi connectivity index (χ0n) is 11.5. The maximum Gasteiger partial charge on any atom is 0.258 e. The molecule has 108 valence electrons. The lowest BCUT2D eigenvalue weighted by atomic mass is 10.2. The van der Waals surface area contributed by atoms with Gasteiger partial charge in [0.15, 0.2) is 5.82 Å². The van der Waals surface area contributed by atoms with E-state index in [-0.39, 0.29) is 6.04 Å². The summed E-state index contributed by atoms with van der Waals surface area (Å²) in [5, 5.41) is 16.2. The van der Waals surface area contributed by atoms with Crippen LogP contribution in [0.5, 0.6) is 0 Å². The average Bonchev–Trinajstić information content (AvgIpc) is 3.21. The van der Waals surface area contributed by atoms with Crippen molar-refractivity contribution in [3.63, 3.8) is 0 Å². The van der Waals surface area contributed by atoms with Gasteiger partial charge in [0.1, 0.15) is 12.2 Å². The fraction of sp³-hybridized carbons (Fsp3) is 0.385. The number of hydrogen-bond donors (Lipinski definition) is 0. The van der Waals surface area contributed by atoms with Gasteiger partial charge >= 0.3 is 0 Å². The Labute approximate surface area is 125 Å². The number of nitrogens with zero attached hydrogens (tertiary/aromatic N) is 6. The molecule has 0 saturated heterocycles. The molecule has 3 aromatic heterocycles. The van der Waals surface area contributed by atoms with E-state index in [0.717, 1.165) is 24.5 Å². The van der Waals surface area contributed by atoms with Crippen LogP contribution in [0.25, 0.3) is 11.5 Å². The van der Waals surface area contributed by atoms with Crippen molar-refractivity contribution < 1.29 is 4.52 Å². The number of fused-ring (bicyclic) bond motifs is 1. The first-order valence-electron chi connectivity index (χ1n) is 6.78. The highest BCUT2D eigenvalue weighted by molar-refractivity contribution is 7.08. The van der Waals surface area contributed by atoms with Crippen LogP contribution in [0.1, 0.15) is 24.6 Å². The van der Waals surface area contributed by atoms with Crippen molar-refractivity contribution >= 4 is 11.3 Å². The molecule has 21 heavy (non-hydrogen) atoms. The van der Waals surface area contributed by atoms with Crippen LogP contribution >= 0.6 is 11.3 Å². The lowest BCUT2D eigenvalue weighted by Gasteiger charge is -2.31. The second kappa shape index (κ2) is 5.05. The summed E-state index contributed by atoms with van der Waals surface area (Å²) in [6, 6.07) is 2.18. The van der Waals surface area contributed by atoms with Gasteiger partial charge in [0, 0.05) is 18.5 Å². The molecule has 1 atom stereocenters. The zero-order chi connectivity index (χ0) is 14.2. The Morgan fingerprint density at radius 3 is 3.24 bits per heavy atom. The van der Waals surface area contributed by atoms with Crippen molar-refractivity contribution in [1.82, 2.24) is 29.8 Å². The van der Waals surface area contributed by atoms with Crippen LogP contribution in [0.4, 0.5) is 0 Å². The van der Waals surface area contributed by atoms with E-state index in [1.54, 1.807) is 17.7 Å². The fourth-order valence-corrected chi connectivity index (χ4v) is 3.20. The highest BCUT2D eigenvalue weighted by atomic mass is 32.1. The van der Waals surface area contributed by atoms with Gasteiger partial charge in [-0.25, -0.2) is 0 Å². The van der Waals surface area contributed by atoms with Crippen molar-refractivity contribution in [2.75, 3.05) is 6.54 Å². The molecule has 8 heteroatoms. The molecule has 0 amide bonds. The molecular weight excluding hydrogens is 288 g/mol. The Hall–Kier alpha value is -2.06. The molecule has 0 radical (unpaired) electrons. The van der Waals surface area contributed by atoms with Gasteiger partial charge < -0.3 is 9.09 Å². The van der Waals surface area contributed by atoms with Gasteiger partial charge in [0.2, 0.25) is 0 Å². The molecule has 0 saturated carbocycles. The molecular formula is C13H14N6OS. The monoisotopic (exact) mass is 302 g/mol. The van der Waals surface area contributed by atoms with E-state index in [9.17, 15) is 0 Å². The Morgan fingerprint density at radius 1 is 1.43 bits per heavy atom. The highest BCUT2D eigenvalue weighted by Gasteiger charge is 2.26. The van der Waals surface area contributed by atoms with E-state index in [4.69, 9.17) is 4.52 Å². The van der Waals surface area contributed by atoms with Gasteiger partial charge in [-0.1, -0.05) is 5.16 Å². The van der Waals surface area contributed by atoms with Crippen LogP contribution in [0, 0.1) is 0 Å². The molecule has 0 aromatic carbocycles. The van der Waals surface area contributed by atoms with Crippen molar-refractivity contribution in [3.8, 4) is 11.5 Å². The Kier molecular flexibility index (Phi) is 3.04. The first-order valence-corrected chi connectivity index (χ1v) is 7.72. The number of aromatic nitrogens is 5. The first-order chi connectivity index (χ1) is 10.3. The van der Waals surface area contributed by atoms with E-state index in [2.05, 4.69) is 36.7 Å². The molecule has 0 N–H and O–H groups in total. The van der Waals surface area contributed by atoms with Crippen LogP contribution in [-0.2, 0) is 13.1 Å². The molecule has 1 unspecified atom stereocenters. The molecule has 0 fully saturated rings. The summed E-state index contributed by atoms with van der Waals surface area (Å²) in [4.78, 5) is 6.75. The van der Waals surface area contributed by atoms with Gasteiger partial charge in [-0.15, -0.1) is 10.2 Å². The van der Waals surface area contributed by atoms with E-state index in [1.165, 1.54) is 0 Å². The maximum absolute atomic E-state index is 5.33. The van der Waals surface area contributed by atoms with E-state index >= 15 is 0 Å². The molecule has 0 bridgehead atoms. The maximum atomic E-state index is 5.33. The second-order valence-corrected chi connectivity index (χ2v) is 5.84. The minimum atomic E-state index is 0.198. The topological polar surface area (TPSA) is 72.9 Å². The Balaban J connectivity index is 1.52. The number of hydrogen-bond acceptors (Lipinski definition) is 7. The average molecular weight is 302 g/mol. The molecule has 0 aliphatic carbocycles. The summed E-state index contributed by atoms with van der Waals surface area (Å²) in [6.07, 6.45) is 1.78. The highest BCUT2D eigenvalue weighted by Crippen LogP contribution is 2.25. The molecule has 0 spiro atoms. The number of thiophene rings is 1. The van der Waals surface area contributed by atoms with Crippen molar-refractivity contribution in [3.05, 3.63) is 34.8 Å². The van der Waals surface area contributed by atoms with Crippen LogP contribution in [0.3, 0.4) is 0 Å². The molecule has 1 aliphatic rings. The predicted octanol–water partition coefficient (Wildman–Crippen LogP) is 1.97. The Bertz CT molecular complexity index is 734. The van der Waals surface area contributed by atoms with E-state index in [0.29, 0.717) is 18.3 Å². The normalized spacial score (nSPS) is 18.8. The van der Waals surface area contributed by atoms with Gasteiger partial charge in [-0.3, -0.25) is 4.90 Å². The summed E-state index contributed by atoms with van der Waals surface area (Å²) in [5.74, 6) is 2.28. The molecule has 1 aliphatic heterocycles. The minimum absolute atomic E-state index is 0.198. The smallest absolute Gasteiger partial charge is 0.258 e. The molecule has 4 heterocycles. The summed E-state index contributed by atoms with van der Waals surface area (Å²) < 4.78 is 7.42. The second-order valence-electron chi connectivity index (χ2n) is 5.06. The standard InChI is InChI=1S/C13H14N6OS/c1-9-12-16-14-8-19(12)4-3-18(9)6-11-15-13(20-17-11)10-2-5-21-7-10/h2,5,7-9H,3-4,6H2,1H3. The van der Waals surface area contributed by atoms with Crippen LogP contribution in [0.2, 0.25) is 0 Å². The lowest BCUT2D eigenvalue weighted by Crippen LogP contribution is -2.36. The van der Waals surface area contributed by atoms with E-state index in [1.807, 2.05) is 16.8 Å². The largest absolute Gasteiger partial charge is 0.334 e. The zero-order valence-corrected chi connectivity index (χ0v) is 12.3. The van der Waals surface area contributed by atoms with Crippen molar-refractivity contribution in [2.24, 2.45) is 0 Å². The third kappa shape index (κ3) is 2.26. The van der Waals surface area contributed by atoms with Crippen LogP contribution in [0.15, 0.2) is 27.7 Å². The van der Waals surface area contributed by atoms with Gasteiger partial charge in [-0.2, -0.15) is 16.3 Å². The van der Waals surface area contributed by atoms with Crippen LogP contribution < -0.4 is 0 Å². The predicted molar refractivity (Wildman–Crippen MR) is 76.5 cm³/mol. The fourth-order valence-electron chi connectivity index (χ4n) is 2.57. The first kappa shape index (κ1) is 12.7. The quantitative estimate of drug-likeness (QED) is 0.736. The minimum Gasteiger partial charge on any atom is -0.334 e. The van der Waals surface area contributed by atoms with Crippen molar-refractivity contribution in [2.45, 2.75) is 26.1 Å². The van der Waals surface area contributed by atoms with Gasteiger partial charge in [0.05, 0.1) is 18.2 Å². The van der Waals surface area contributed by atoms with Gasteiger partial charge in [0.25, 0.3) is 5.89 Å². The lowest BCUT2D eigenvalue weighted by molar-refractivity contribution is 0.151.